The maximum absolute atomic E-state index is 12.8. The number of carbonyl (C=O) groups excluding carboxylic acids is 1. The van der Waals surface area contributed by atoms with Crippen LogP contribution in [0.15, 0.2) is 28.8 Å². The van der Waals surface area contributed by atoms with Crippen molar-refractivity contribution < 1.29 is 14.1 Å². The topological polar surface area (TPSA) is 68.5 Å². The fraction of sp³-hybridized carbons (Fsp3) is 0.500. The van der Waals surface area contributed by atoms with Crippen LogP contribution in [0.3, 0.4) is 0 Å². The van der Waals surface area contributed by atoms with Crippen molar-refractivity contribution in [3.8, 4) is 5.75 Å². The molecule has 0 saturated heterocycles. The zero-order chi connectivity index (χ0) is 17.1. The van der Waals surface area contributed by atoms with E-state index in [1.54, 1.807) is 4.90 Å². The molecule has 3 rings (SSSR count). The third kappa shape index (κ3) is 3.42. The highest BCUT2D eigenvalue weighted by Gasteiger charge is 2.29. The largest absolute Gasteiger partial charge is 0.492 e. The van der Waals surface area contributed by atoms with Crippen molar-refractivity contribution in [2.24, 2.45) is 5.92 Å². The number of rotatable bonds is 5. The summed E-state index contributed by atoms with van der Waals surface area (Å²) in [5.74, 6) is 2.12. The Hall–Kier alpha value is -2.37. The summed E-state index contributed by atoms with van der Waals surface area (Å²) in [4.78, 5) is 18.9. The number of fused-ring (bicyclic) bond motifs is 1. The predicted octanol–water partition coefficient (Wildman–Crippen LogP) is 2.79. The number of nitrogens with zero attached hydrogens (tertiary/aromatic N) is 3. The second kappa shape index (κ2) is 7.03. The molecule has 0 saturated carbocycles. The first-order valence-electron chi connectivity index (χ1n) is 8.40. The molecule has 0 aliphatic carbocycles. The Labute approximate surface area is 141 Å². The Kier molecular flexibility index (Phi) is 4.83. The van der Waals surface area contributed by atoms with Gasteiger partial charge in [0.05, 0.1) is 12.5 Å². The van der Waals surface area contributed by atoms with E-state index in [9.17, 15) is 4.79 Å². The molecule has 2 aromatic rings. The van der Waals surface area contributed by atoms with Crippen molar-refractivity contribution in [1.82, 2.24) is 15.0 Å². The standard InChI is InChI=1S/C18H23N3O3/c1-4-21(10-16-19-17(12(2)3)20-24-16)18(22)14-9-13-7-5-6-8-15(13)23-11-14/h5-8,12,14H,4,9-11H2,1-3H3. The van der Waals surface area contributed by atoms with Gasteiger partial charge in [-0.1, -0.05) is 37.2 Å². The minimum absolute atomic E-state index is 0.0660. The maximum atomic E-state index is 12.8. The fourth-order valence-corrected chi connectivity index (χ4v) is 2.82. The number of aromatic nitrogens is 2. The normalized spacial score (nSPS) is 16.6. The second-order valence-corrected chi connectivity index (χ2v) is 6.37. The lowest BCUT2D eigenvalue weighted by Gasteiger charge is -2.29. The summed E-state index contributed by atoms with van der Waals surface area (Å²) in [5, 5.41) is 3.96. The zero-order valence-corrected chi connectivity index (χ0v) is 14.4. The van der Waals surface area contributed by atoms with E-state index in [-0.39, 0.29) is 17.7 Å². The highest BCUT2D eigenvalue weighted by atomic mass is 16.5. The van der Waals surface area contributed by atoms with Gasteiger partial charge in [-0.3, -0.25) is 4.79 Å². The molecule has 0 bridgehead atoms. The zero-order valence-electron chi connectivity index (χ0n) is 14.4. The van der Waals surface area contributed by atoms with Gasteiger partial charge in [0.25, 0.3) is 0 Å². The first-order chi connectivity index (χ1) is 11.6. The van der Waals surface area contributed by atoms with Crippen molar-refractivity contribution in [1.29, 1.82) is 0 Å². The predicted molar refractivity (Wildman–Crippen MR) is 88.6 cm³/mol. The summed E-state index contributed by atoms with van der Waals surface area (Å²) in [6.07, 6.45) is 0.701. The average molecular weight is 329 g/mol. The smallest absolute Gasteiger partial charge is 0.246 e. The number of benzene rings is 1. The van der Waals surface area contributed by atoms with Crippen LogP contribution in [-0.4, -0.2) is 34.1 Å². The molecule has 0 fully saturated rings. The van der Waals surface area contributed by atoms with Crippen LogP contribution in [0.25, 0.3) is 0 Å². The second-order valence-electron chi connectivity index (χ2n) is 6.37. The van der Waals surface area contributed by atoms with Gasteiger partial charge in [0.2, 0.25) is 11.8 Å². The van der Waals surface area contributed by atoms with Gasteiger partial charge < -0.3 is 14.2 Å². The molecule has 6 heteroatoms. The van der Waals surface area contributed by atoms with E-state index in [1.165, 1.54) is 0 Å². The molecule has 1 aliphatic rings. The molecule has 2 heterocycles. The minimum Gasteiger partial charge on any atom is -0.492 e. The Balaban J connectivity index is 1.68. The molecular weight excluding hydrogens is 306 g/mol. The Morgan fingerprint density at radius 2 is 2.17 bits per heavy atom. The molecule has 1 aliphatic heterocycles. The van der Waals surface area contributed by atoms with Crippen LogP contribution in [0.4, 0.5) is 0 Å². The van der Waals surface area contributed by atoms with Gasteiger partial charge in [-0.05, 0) is 25.0 Å². The average Bonchev–Trinajstić information content (AvgIpc) is 3.07. The monoisotopic (exact) mass is 329 g/mol. The van der Waals surface area contributed by atoms with E-state index in [4.69, 9.17) is 9.26 Å². The van der Waals surface area contributed by atoms with E-state index < -0.39 is 0 Å². The summed E-state index contributed by atoms with van der Waals surface area (Å²) in [7, 11) is 0. The Bertz CT molecular complexity index is 711. The van der Waals surface area contributed by atoms with Gasteiger partial charge in [0.15, 0.2) is 5.82 Å². The van der Waals surface area contributed by atoms with E-state index in [2.05, 4.69) is 10.1 Å². The molecule has 0 N–H and O–H groups in total. The summed E-state index contributed by atoms with van der Waals surface area (Å²) < 4.78 is 11.0. The highest BCUT2D eigenvalue weighted by Crippen LogP contribution is 2.28. The minimum atomic E-state index is -0.174. The van der Waals surface area contributed by atoms with Crippen LogP contribution in [-0.2, 0) is 17.8 Å². The first kappa shape index (κ1) is 16.5. The van der Waals surface area contributed by atoms with Crippen molar-refractivity contribution >= 4 is 5.91 Å². The number of hydrogen-bond acceptors (Lipinski definition) is 5. The molecule has 24 heavy (non-hydrogen) atoms. The van der Waals surface area contributed by atoms with Gasteiger partial charge in [0, 0.05) is 12.5 Å². The molecular formula is C18H23N3O3. The molecule has 1 aromatic carbocycles. The van der Waals surface area contributed by atoms with Crippen LogP contribution >= 0.6 is 0 Å². The molecule has 128 valence electrons. The van der Waals surface area contributed by atoms with Crippen molar-refractivity contribution in [3.63, 3.8) is 0 Å². The van der Waals surface area contributed by atoms with Crippen LogP contribution in [0.5, 0.6) is 5.75 Å². The van der Waals surface area contributed by atoms with Gasteiger partial charge in [-0.25, -0.2) is 0 Å². The Morgan fingerprint density at radius 3 is 2.88 bits per heavy atom. The van der Waals surface area contributed by atoms with Crippen LogP contribution in [0, 0.1) is 5.92 Å². The van der Waals surface area contributed by atoms with Crippen LogP contribution in [0.2, 0.25) is 0 Å². The van der Waals surface area contributed by atoms with Crippen LogP contribution in [0.1, 0.15) is 44.0 Å². The first-order valence-corrected chi connectivity index (χ1v) is 8.40. The Morgan fingerprint density at radius 1 is 1.38 bits per heavy atom. The summed E-state index contributed by atoms with van der Waals surface area (Å²) in [6, 6.07) is 7.87. The number of hydrogen-bond donors (Lipinski definition) is 0. The van der Waals surface area contributed by atoms with Gasteiger partial charge >= 0.3 is 0 Å². The number of amides is 1. The lowest BCUT2D eigenvalue weighted by molar-refractivity contribution is -0.137. The van der Waals surface area contributed by atoms with Crippen molar-refractivity contribution in [2.75, 3.05) is 13.2 Å². The molecule has 1 amide bonds. The van der Waals surface area contributed by atoms with E-state index in [0.717, 1.165) is 11.3 Å². The molecule has 0 radical (unpaired) electrons. The highest BCUT2D eigenvalue weighted by molar-refractivity contribution is 5.79. The summed E-state index contributed by atoms with van der Waals surface area (Å²) >= 11 is 0. The van der Waals surface area contributed by atoms with Crippen molar-refractivity contribution in [2.45, 2.75) is 39.7 Å². The molecule has 1 unspecified atom stereocenters. The molecule has 6 nitrogen and oxygen atoms in total. The molecule has 1 aromatic heterocycles. The van der Waals surface area contributed by atoms with E-state index >= 15 is 0 Å². The SMILES string of the molecule is CCN(Cc1nc(C(C)C)no1)C(=O)C1COc2ccccc2C1. The summed E-state index contributed by atoms with van der Waals surface area (Å²) in [6.45, 7) is 7.31. The van der Waals surface area contributed by atoms with Gasteiger partial charge in [0.1, 0.15) is 12.4 Å². The lowest BCUT2D eigenvalue weighted by Crippen LogP contribution is -2.40. The number of para-hydroxylation sites is 1. The quantitative estimate of drug-likeness (QED) is 0.844. The number of carbonyl (C=O) groups is 1. The van der Waals surface area contributed by atoms with Gasteiger partial charge in [-0.2, -0.15) is 4.98 Å². The van der Waals surface area contributed by atoms with Gasteiger partial charge in [-0.15, -0.1) is 0 Å². The summed E-state index contributed by atoms with van der Waals surface area (Å²) in [5.41, 5.74) is 1.08. The third-order valence-corrected chi connectivity index (χ3v) is 4.25. The molecule has 1 atom stereocenters. The lowest BCUT2D eigenvalue weighted by atomic mass is 9.95. The number of ether oxygens (including phenoxy) is 1. The molecule has 0 spiro atoms. The fourth-order valence-electron chi connectivity index (χ4n) is 2.82. The van der Waals surface area contributed by atoms with Crippen LogP contribution < -0.4 is 4.74 Å². The van der Waals surface area contributed by atoms with E-state index in [0.29, 0.717) is 37.8 Å². The maximum Gasteiger partial charge on any atom is 0.246 e. The van der Waals surface area contributed by atoms with E-state index in [1.807, 2.05) is 45.0 Å². The van der Waals surface area contributed by atoms with Crippen molar-refractivity contribution in [3.05, 3.63) is 41.5 Å². The third-order valence-electron chi connectivity index (χ3n) is 4.25.